The second kappa shape index (κ2) is 7.57. The van der Waals surface area contributed by atoms with Gasteiger partial charge in [-0.1, -0.05) is 5.16 Å². The van der Waals surface area contributed by atoms with Crippen LogP contribution < -0.4 is 0 Å². The summed E-state index contributed by atoms with van der Waals surface area (Å²) >= 11 is 0. The topological polar surface area (TPSA) is 86.3 Å². The second-order valence-corrected chi connectivity index (χ2v) is 7.00. The van der Waals surface area contributed by atoms with Crippen molar-refractivity contribution in [2.75, 3.05) is 26.3 Å². The SMILES string of the molecule is CCn1ccc(C(=O)N2CCC(c3nc(C4CCOCC4)no3)CC2)n1. The van der Waals surface area contributed by atoms with E-state index in [0.29, 0.717) is 30.6 Å². The summed E-state index contributed by atoms with van der Waals surface area (Å²) in [7, 11) is 0. The third-order valence-corrected chi connectivity index (χ3v) is 5.36. The first-order valence-corrected chi connectivity index (χ1v) is 9.48. The Kier molecular flexibility index (Phi) is 5.01. The third kappa shape index (κ3) is 3.51. The summed E-state index contributed by atoms with van der Waals surface area (Å²) in [6.07, 6.45) is 5.44. The van der Waals surface area contributed by atoms with Crippen molar-refractivity contribution in [2.45, 2.75) is 51.0 Å². The minimum Gasteiger partial charge on any atom is -0.381 e. The number of carbonyl (C=O) groups excluding carboxylic acids is 1. The van der Waals surface area contributed by atoms with Crippen LogP contribution in [0.1, 0.15) is 66.6 Å². The number of hydrogen-bond acceptors (Lipinski definition) is 6. The van der Waals surface area contributed by atoms with Gasteiger partial charge in [-0.25, -0.2) is 0 Å². The van der Waals surface area contributed by atoms with Gasteiger partial charge in [-0.15, -0.1) is 0 Å². The molecule has 2 aromatic heterocycles. The molecule has 0 saturated carbocycles. The standard InChI is InChI=1S/C18H25N5O3/c1-2-23-10-5-15(20-23)18(24)22-8-3-14(4-9-22)17-19-16(21-26-17)13-6-11-25-12-7-13/h5,10,13-14H,2-4,6-9,11-12H2,1H3. The van der Waals surface area contributed by atoms with E-state index >= 15 is 0 Å². The van der Waals surface area contributed by atoms with E-state index in [-0.39, 0.29) is 11.8 Å². The normalized spacial score (nSPS) is 19.8. The van der Waals surface area contributed by atoms with Crippen LogP contribution in [-0.2, 0) is 11.3 Å². The highest BCUT2D eigenvalue weighted by molar-refractivity contribution is 5.92. The number of carbonyl (C=O) groups is 1. The maximum atomic E-state index is 12.6. The Balaban J connectivity index is 1.34. The minimum absolute atomic E-state index is 0.00377. The predicted octanol–water partition coefficient (Wildman–Crippen LogP) is 2.20. The monoisotopic (exact) mass is 359 g/mol. The molecule has 8 nitrogen and oxygen atoms in total. The van der Waals surface area contributed by atoms with Gasteiger partial charge in [0, 0.05) is 50.9 Å². The van der Waals surface area contributed by atoms with Crippen molar-refractivity contribution in [3.8, 4) is 0 Å². The third-order valence-electron chi connectivity index (χ3n) is 5.36. The number of likely N-dealkylation sites (tertiary alicyclic amines) is 1. The first-order chi connectivity index (χ1) is 12.7. The Hall–Kier alpha value is -2.22. The molecule has 8 heteroatoms. The fraction of sp³-hybridized carbons (Fsp3) is 0.667. The van der Waals surface area contributed by atoms with E-state index in [0.717, 1.165) is 51.3 Å². The Morgan fingerprint density at radius 3 is 2.65 bits per heavy atom. The molecule has 0 unspecified atom stereocenters. The Morgan fingerprint density at radius 2 is 1.96 bits per heavy atom. The van der Waals surface area contributed by atoms with Gasteiger partial charge in [0.25, 0.3) is 5.91 Å². The Morgan fingerprint density at radius 1 is 1.19 bits per heavy atom. The summed E-state index contributed by atoms with van der Waals surface area (Å²) < 4.78 is 12.7. The largest absolute Gasteiger partial charge is 0.381 e. The number of amides is 1. The highest BCUT2D eigenvalue weighted by atomic mass is 16.5. The molecule has 4 rings (SSSR count). The predicted molar refractivity (Wildman–Crippen MR) is 92.9 cm³/mol. The van der Waals surface area contributed by atoms with E-state index in [4.69, 9.17) is 9.26 Å². The van der Waals surface area contributed by atoms with Crippen molar-refractivity contribution in [1.29, 1.82) is 0 Å². The van der Waals surface area contributed by atoms with Gasteiger partial charge in [-0.3, -0.25) is 9.48 Å². The first kappa shape index (κ1) is 17.2. The van der Waals surface area contributed by atoms with Gasteiger partial charge in [0.1, 0.15) is 5.69 Å². The molecule has 4 heterocycles. The molecule has 0 bridgehead atoms. The van der Waals surface area contributed by atoms with Crippen molar-refractivity contribution in [3.63, 3.8) is 0 Å². The molecule has 140 valence electrons. The molecule has 0 atom stereocenters. The number of aromatic nitrogens is 4. The van der Waals surface area contributed by atoms with Gasteiger partial charge in [-0.05, 0) is 38.7 Å². The first-order valence-electron chi connectivity index (χ1n) is 9.48. The highest BCUT2D eigenvalue weighted by Gasteiger charge is 2.30. The second-order valence-electron chi connectivity index (χ2n) is 7.00. The molecule has 2 aromatic rings. The summed E-state index contributed by atoms with van der Waals surface area (Å²) in [6, 6.07) is 1.79. The van der Waals surface area contributed by atoms with Gasteiger partial charge in [0.05, 0.1) is 0 Å². The average Bonchev–Trinajstić information content (AvgIpc) is 3.38. The quantitative estimate of drug-likeness (QED) is 0.832. The van der Waals surface area contributed by atoms with Crippen LogP contribution in [0.3, 0.4) is 0 Å². The summed E-state index contributed by atoms with van der Waals surface area (Å²) in [5, 5.41) is 8.50. The molecule has 26 heavy (non-hydrogen) atoms. The number of ether oxygens (including phenoxy) is 1. The van der Waals surface area contributed by atoms with Crippen LogP contribution in [-0.4, -0.2) is 57.0 Å². The maximum Gasteiger partial charge on any atom is 0.274 e. The summed E-state index contributed by atoms with van der Waals surface area (Å²) in [4.78, 5) is 19.1. The smallest absolute Gasteiger partial charge is 0.274 e. The average molecular weight is 359 g/mol. The van der Waals surface area contributed by atoms with E-state index < -0.39 is 0 Å². The molecule has 0 aliphatic carbocycles. The van der Waals surface area contributed by atoms with E-state index in [1.165, 1.54) is 0 Å². The molecular weight excluding hydrogens is 334 g/mol. The Labute approximate surface area is 152 Å². The van der Waals surface area contributed by atoms with Crippen LogP contribution in [0, 0.1) is 0 Å². The minimum atomic E-state index is 0.00377. The molecule has 2 fully saturated rings. The molecule has 2 aliphatic rings. The molecule has 2 saturated heterocycles. The molecule has 0 N–H and O–H groups in total. The van der Waals surface area contributed by atoms with E-state index in [2.05, 4.69) is 15.2 Å². The lowest BCUT2D eigenvalue weighted by atomic mass is 9.96. The summed E-state index contributed by atoms with van der Waals surface area (Å²) in [5.74, 6) is 2.11. The van der Waals surface area contributed by atoms with Crippen molar-refractivity contribution >= 4 is 5.91 Å². The fourth-order valence-electron chi connectivity index (χ4n) is 3.68. The van der Waals surface area contributed by atoms with Crippen LogP contribution in [0.2, 0.25) is 0 Å². The molecular formula is C18H25N5O3. The van der Waals surface area contributed by atoms with E-state index in [9.17, 15) is 4.79 Å². The van der Waals surface area contributed by atoms with Gasteiger partial charge >= 0.3 is 0 Å². The maximum absolute atomic E-state index is 12.6. The zero-order chi connectivity index (χ0) is 17.9. The van der Waals surface area contributed by atoms with Crippen molar-refractivity contribution in [2.24, 2.45) is 0 Å². The Bertz CT molecular complexity index is 742. The number of piperidine rings is 1. The van der Waals surface area contributed by atoms with Crippen LogP contribution in [0.5, 0.6) is 0 Å². The summed E-state index contributed by atoms with van der Waals surface area (Å²) in [6.45, 7) is 5.69. The van der Waals surface area contributed by atoms with Crippen LogP contribution in [0.25, 0.3) is 0 Å². The van der Waals surface area contributed by atoms with Crippen molar-refractivity contribution in [3.05, 3.63) is 29.7 Å². The fourth-order valence-corrected chi connectivity index (χ4v) is 3.68. The van der Waals surface area contributed by atoms with Gasteiger partial charge in [-0.2, -0.15) is 10.1 Å². The summed E-state index contributed by atoms with van der Waals surface area (Å²) in [5.41, 5.74) is 0.518. The molecule has 2 aliphatic heterocycles. The zero-order valence-corrected chi connectivity index (χ0v) is 15.1. The van der Waals surface area contributed by atoms with Gasteiger partial charge in [0.15, 0.2) is 5.82 Å². The van der Waals surface area contributed by atoms with E-state index in [1.807, 2.05) is 18.0 Å². The lowest BCUT2D eigenvalue weighted by Crippen LogP contribution is -2.38. The molecule has 1 amide bonds. The lowest BCUT2D eigenvalue weighted by molar-refractivity contribution is 0.0697. The number of hydrogen-bond donors (Lipinski definition) is 0. The number of rotatable bonds is 4. The van der Waals surface area contributed by atoms with Crippen molar-refractivity contribution < 1.29 is 14.1 Å². The van der Waals surface area contributed by atoms with Gasteiger partial charge in [0.2, 0.25) is 5.89 Å². The number of nitrogens with zero attached hydrogens (tertiary/aromatic N) is 5. The van der Waals surface area contributed by atoms with Crippen LogP contribution in [0.4, 0.5) is 0 Å². The van der Waals surface area contributed by atoms with Crippen LogP contribution >= 0.6 is 0 Å². The lowest BCUT2D eigenvalue weighted by Gasteiger charge is -2.29. The zero-order valence-electron chi connectivity index (χ0n) is 15.1. The molecule has 0 aromatic carbocycles. The van der Waals surface area contributed by atoms with Gasteiger partial charge < -0.3 is 14.2 Å². The molecule has 0 spiro atoms. The number of aryl methyl sites for hydroxylation is 1. The van der Waals surface area contributed by atoms with Crippen molar-refractivity contribution in [1.82, 2.24) is 24.8 Å². The van der Waals surface area contributed by atoms with Crippen LogP contribution in [0.15, 0.2) is 16.8 Å². The molecule has 0 radical (unpaired) electrons. The highest BCUT2D eigenvalue weighted by Crippen LogP contribution is 2.30. The van der Waals surface area contributed by atoms with E-state index in [1.54, 1.807) is 10.7 Å².